The van der Waals surface area contributed by atoms with Crippen LogP contribution in [0.25, 0.3) is 0 Å². The van der Waals surface area contributed by atoms with E-state index in [9.17, 15) is 4.79 Å². The molecule has 6 heteroatoms. The molecule has 90 valence electrons. The Bertz CT molecular complexity index is 475. The number of aromatic nitrogens is 4. The van der Waals surface area contributed by atoms with Crippen LogP contribution < -0.4 is 0 Å². The van der Waals surface area contributed by atoms with Gasteiger partial charge < -0.3 is 4.74 Å². The van der Waals surface area contributed by atoms with Gasteiger partial charge in [0.1, 0.15) is 0 Å². The zero-order valence-corrected chi connectivity index (χ0v) is 9.61. The van der Waals surface area contributed by atoms with E-state index in [1.807, 2.05) is 16.9 Å². The molecule has 6 nitrogen and oxygen atoms in total. The fourth-order valence-electron chi connectivity index (χ4n) is 1.44. The second-order valence-corrected chi connectivity index (χ2v) is 3.48. The monoisotopic (exact) mass is 234 g/mol. The van der Waals surface area contributed by atoms with Crippen molar-refractivity contribution in [3.8, 4) is 0 Å². The molecule has 0 aliphatic heterocycles. The molecular formula is C11H14N4O2. The lowest BCUT2D eigenvalue weighted by Gasteiger charge is -2.01. The SMILES string of the molecule is CCOC(=O)c1cnn(CCn2cccn2)c1. The lowest BCUT2D eigenvalue weighted by molar-refractivity contribution is 0.0526. The van der Waals surface area contributed by atoms with Crippen molar-refractivity contribution < 1.29 is 9.53 Å². The molecular weight excluding hydrogens is 220 g/mol. The second-order valence-electron chi connectivity index (χ2n) is 3.48. The molecule has 0 aliphatic rings. The summed E-state index contributed by atoms with van der Waals surface area (Å²) in [7, 11) is 0. The van der Waals surface area contributed by atoms with E-state index in [1.54, 1.807) is 24.0 Å². The van der Waals surface area contributed by atoms with Crippen LogP contribution in [0.3, 0.4) is 0 Å². The maximum atomic E-state index is 11.4. The summed E-state index contributed by atoms with van der Waals surface area (Å²) < 4.78 is 8.40. The lowest BCUT2D eigenvalue weighted by atomic mass is 10.4. The Morgan fingerprint density at radius 2 is 2.18 bits per heavy atom. The largest absolute Gasteiger partial charge is 0.462 e. The number of hydrogen-bond donors (Lipinski definition) is 0. The Kier molecular flexibility index (Phi) is 3.54. The first kappa shape index (κ1) is 11.4. The van der Waals surface area contributed by atoms with Gasteiger partial charge in [0.2, 0.25) is 0 Å². The molecule has 0 atom stereocenters. The highest BCUT2D eigenvalue weighted by molar-refractivity contribution is 5.88. The Balaban J connectivity index is 1.92. The molecule has 2 rings (SSSR count). The summed E-state index contributed by atoms with van der Waals surface area (Å²) >= 11 is 0. The van der Waals surface area contributed by atoms with E-state index < -0.39 is 0 Å². The molecule has 0 aromatic carbocycles. The van der Waals surface area contributed by atoms with E-state index in [0.717, 1.165) is 6.54 Å². The Morgan fingerprint density at radius 1 is 1.35 bits per heavy atom. The van der Waals surface area contributed by atoms with Crippen molar-refractivity contribution >= 4 is 5.97 Å². The van der Waals surface area contributed by atoms with Crippen molar-refractivity contribution in [2.24, 2.45) is 0 Å². The third kappa shape index (κ3) is 2.93. The Labute approximate surface area is 98.8 Å². The standard InChI is InChI=1S/C11H14N4O2/c1-2-17-11(16)10-8-13-15(9-10)7-6-14-5-3-4-12-14/h3-5,8-9H,2,6-7H2,1H3. The van der Waals surface area contributed by atoms with Gasteiger partial charge in [-0.15, -0.1) is 0 Å². The summed E-state index contributed by atoms with van der Waals surface area (Å²) in [5, 5.41) is 8.18. The second kappa shape index (κ2) is 5.29. The van der Waals surface area contributed by atoms with Crippen molar-refractivity contribution in [3.05, 3.63) is 36.4 Å². The lowest BCUT2D eigenvalue weighted by Crippen LogP contribution is -2.08. The van der Waals surface area contributed by atoms with Crippen molar-refractivity contribution in [1.29, 1.82) is 0 Å². The predicted molar refractivity (Wildman–Crippen MR) is 60.4 cm³/mol. The molecule has 0 spiro atoms. The van der Waals surface area contributed by atoms with Gasteiger partial charge in [0, 0.05) is 18.6 Å². The average Bonchev–Trinajstić information content (AvgIpc) is 2.98. The third-order valence-electron chi connectivity index (χ3n) is 2.26. The van der Waals surface area contributed by atoms with Crippen LogP contribution in [-0.4, -0.2) is 32.1 Å². The number of carbonyl (C=O) groups is 1. The summed E-state index contributed by atoms with van der Waals surface area (Å²) in [4.78, 5) is 11.4. The Morgan fingerprint density at radius 3 is 2.88 bits per heavy atom. The molecule has 2 heterocycles. The first-order valence-corrected chi connectivity index (χ1v) is 5.46. The quantitative estimate of drug-likeness (QED) is 0.723. The minimum absolute atomic E-state index is 0.335. The van der Waals surface area contributed by atoms with Crippen LogP contribution in [0.4, 0.5) is 0 Å². The van der Waals surface area contributed by atoms with Gasteiger partial charge in [-0.2, -0.15) is 10.2 Å². The van der Waals surface area contributed by atoms with Gasteiger partial charge in [0.25, 0.3) is 0 Å². The van der Waals surface area contributed by atoms with Crippen molar-refractivity contribution in [3.63, 3.8) is 0 Å². The predicted octanol–water partition coefficient (Wildman–Crippen LogP) is 0.957. The van der Waals surface area contributed by atoms with E-state index >= 15 is 0 Å². The van der Waals surface area contributed by atoms with Crippen molar-refractivity contribution in [2.75, 3.05) is 6.61 Å². The van der Waals surface area contributed by atoms with Gasteiger partial charge in [-0.25, -0.2) is 4.79 Å². The van der Waals surface area contributed by atoms with Crippen LogP contribution in [0.2, 0.25) is 0 Å². The van der Waals surface area contributed by atoms with Crippen LogP contribution in [0.15, 0.2) is 30.9 Å². The number of nitrogens with zero attached hydrogens (tertiary/aromatic N) is 4. The zero-order chi connectivity index (χ0) is 12.1. The average molecular weight is 234 g/mol. The molecule has 0 aliphatic carbocycles. The minimum Gasteiger partial charge on any atom is -0.462 e. The van der Waals surface area contributed by atoms with E-state index in [0.29, 0.717) is 18.7 Å². The molecule has 0 fully saturated rings. The van der Waals surface area contributed by atoms with E-state index in [2.05, 4.69) is 10.2 Å². The van der Waals surface area contributed by atoms with Gasteiger partial charge in [-0.1, -0.05) is 0 Å². The molecule has 0 unspecified atom stereocenters. The Hall–Kier alpha value is -2.11. The molecule has 0 saturated carbocycles. The van der Waals surface area contributed by atoms with Crippen LogP contribution in [0.1, 0.15) is 17.3 Å². The molecule has 17 heavy (non-hydrogen) atoms. The zero-order valence-electron chi connectivity index (χ0n) is 9.61. The summed E-state index contributed by atoms with van der Waals surface area (Å²) in [6, 6.07) is 1.87. The van der Waals surface area contributed by atoms with Crippen molar-refractivity contribution in [1.82, 2.24) is 19.6 Å². The van der Waals surface area contributed by atoms with Gasteiger partial charge in [-0.05, 0) is 13.0 Å². The number of ether oxygens (including phenoxy) is 1. The molecule has 2 aromatic heterocycles. The normalized spacial score (nSPS) is 10.4. The van der Waals surface area contributed by atoms with Gasteiger partial charge in [-0.3, -0.25) is 9.36 Å². The smallest absolute Gasteiger partial charge is 0.341 e. The third-order valence-corrected chi connectivity index (χ3v) is 2.26. The topological polar surface area (TPSA) is 61.9 Å². The highest BCUT2D eigenvalue weighted by atomic mass is 16.5. The van der Waals surface area contributed by atoms with Gasteiger partial charge >= 0.3 is 5.97 Å². The van der Waals surface area contributed by atoms with E-state index in [4.69, 9.17) is 4.74 Å². The van der Waals surface area contributed by atoms with Crippen LogP contribution in [-0.2, 0) is 17.8 Å². The minimum atomic E-state index is -0.335. The van der Waals surface area contributed by atoms with E-state index in [-0.39, 0.29) is 5.97 Å². The summed E-state index contributed by atoms with van der Waals surface area (Å²) in [5.74, 6) is -0.335. The molecule has 2 aromatic rings. The maximum absolute atomic E-state index is 11.4. The number of esters is 1. The van der Waals surface area contributed by atoms with Crippen LogP contribution in [0.5, 0.6) is 0 Å². The molecule has 0 amide bonds. The van der Waals surface area contributed by atoms with Gasteiger partial charge in [0.05, 0.1) is 31.5 Å². The first-order chi connectivity index (χ1) is 8.29. The molecule has 0 N–H and O–H groups in total. The molecule has 0 radical (unpaired) electrons. The summed E-state index contributed by atoms with van der Waals surface area (Å²) in [6.07, 6.45) is 6.81. The van der Waals surface area contributed by atoms with Gasteiger partial charge in [0.15, 0.2) is 0 Å². The number of rotatable bonds is 5. The fraction of sp³-hybridized carbons (Fsp3) is 0.364. The highest BCUT2D eigenvalue weighted by Gasteiger charge is 2.08. The van der Waals surface area contributed by atoms with Crippen LogP contribution >= 0.6 is 0 Å². The number of aryl methyl sites for hydroxylation is 2. The number of carbonyl (C=O) groups excluding carboxylic acids is 1. The maximum Gasteiger partial charge on any atom is 0.341 e. The molecule has 0 bridgehead atoms. The summed E-state index contributed by atoms with van der Waals surface area (Å²) in [5.41, 5.74) is 0.479. The fourth-order valence-corrected chi connectivity index (χ4v) is 1.44. The summed E-state index contributed by atoms with van der Waals surface area (Å²) in [6.45, 7) is 3.54. The highest BCUT2D eigenvalue weighted by Crippen LogP contribution is 2.01. The van der Waals surface area contributed by atoms with Crippen LogP contribution in [0, 0.1) is 0 Å². The number of hydrogen-bond acceptors (Lipinski definition) is 4. The van der Waals surface area contributed by atoms with E-state index in [1.165, 1.54) is 6.20 Å². The molecule has 0 saturated heterocycles. The van der Waals surface area contributed by atoms with Crippen molar-refractivity contribution in [2.45, 2.75) is 20.0 Å². The first-order valence-electron chi connectivity index (χ1n) is 5.46.